The maximum absolute atomic E-state index is 13.9. The fraction of sp³-hybridized carbons (Fsp3) is 0.250. The van der Waals surface area contributed by atoms with Crippen molar-refractivity contribution < 1.29 is 13.9 Å². The number of amides is 1. The van der Waals surface area contributed by atoms with Gasteiger partial charge in [0.25, 0.3) is 5.91 Å². The van der Waals surface area contributed by atoms with Gasteiger partial charge in [-0.3, -0.25) is 15.0 Å². The molecule has 1 saturated heterocycles. The Labute approximate surface area is 166 Å². The molecule has 1 aromatic heterocycles. The van der Waals surface area contributed by atoms with Crippen LogP contribution < -0.4 is 5.32 Å². The van der Waals surface area contributed by atoms with Gasteiger partial charge in [0.15, 0.2) is 5.01 Å². The minimum atomic E-state index is -0.368. The summed E-state index contributed by atoms with van der Waals surface area (Å²) < 4.78 is 19.3. The minimum absolute atomic E-state index is 0.250. The zero-order valence-corrected chi connectivity index (χ0v) is 15.9. The average molecular weight is 398 g/mol. The lowest BCUT2D eigenvalue weighted by Crippen LogP contribution is -2.36. The number of carbonyl (C=O) groups excluding carboxylic acids is 1. The lowest BCUT2D eigenvalue weighted by atomic mass is 10.1. The Morgan fingerprint density at radius 2 is 1.86 bits per heavy atom. The molecule has 2 aromatic carbocycles. The third-order valence-corrected chi connectivity index (χ3v) is 5.38. The number of hydrogen-bond acceptors (Lipinski definition) is 6. The molecule has 6 nitrogen and oxygen atoms in total. The summed E-state index contributed by atoms with van der Waals surface area (Å²) in [4.78, 5) is 15.1. The van der Waals surface area contributed by atoms with Crippen LogP contribution in [0.5, 0.6) is 0 Å². The summed E-state index contributed by atoms with van der Waals surface area (Å²) in [6.07, 6.45) is 0. The highest BCUT2D eigenvalue weighted by atomic mass is 32.1. The Hall–Kier alpha value is -2.68. The summed E-state index contributed by atoms with van der Waals surface area (Å²) in [6.45, 7) is 3.79. The molecule has 0 radical (unpaired) electrons. The Morgan fingerprint density at radius 3 is 2.68 bits per heavy atom. The summed E-state index contributed by atoms with van der Waals surface area (Å²) in [6, 6.07) is 13.9. The molecule has 1 aliphatic rings. The van der Waals surface area contributed by atoms with E-state index in [-0.39, 0.29) is 11.7 Å². The van der Waals surface area contributed by atoms with Gasteiger partial charge >= 0.3 is 0 Å². The fourth-order valence-electron chi connectivity index (χ4n) is 3.06. The van der Waals surface area contributed by atoms with E-state index in [4.69, 9.17) is 4.74 Å². The number of nitrogens with zero attached hydrogens (tertiary/aromatic N) is 3. The maximum atomic E-state index is 13.9. The molecule has 0 spiro atoms. The number of morpholine rings is 1. The van der Waals surface area contributed by atoms with Crippen LogP contribution in [0.4, 0.5) is 9.52 Å². The number of anilines is 1. The molecule has 144 valence electrons. The molecule has 2 heterocycles. The number of aromatic nitrogens is 2. The zero-order chi connectivity index (χ0) is 19.3. The van der Waals surface area contributed by atoms with E-state index in [9.17, 15) is 9.18 Å². The molecule has 3 aromatic rings. The van der Waals surface area contributed by atoms with Crippen molar-refractivity contribution in [3.05, 3.63) is 65.5 Å². The lowest BCUT2D eigenvalue weighted by molar-refractivity contribution is 0.0341. The monoisotopic (exact) mass is 398 g/mol. The van der Waals surface area contributed by atoms with Crippen LogP contribution in [0.25, 0.3) is 10.6 Å². The van der Waals surface area contributed by atoms with Gasteiger partial charge in [0.05, 0.1) is 13.2 Å². The maximum Gasteiger partial charge on any atom is 0.257 e. The van der Waals surface area contributed by atoms with Crippen LogP contribution in [0.1, 0.15) is 15.9 Å². The van der Waals surface area contributed by atoms with E-state index in [0.717, 1.165) is 30.0 Å². The molecular formula is C20H19FN4O2S. The second-order valence-electron chi connectivity index (χ2n) is 6.39. The van der Waals surface area contributed by atoms with Crippen molar-refractivity contribution in [2.24, 2.45) is 0 Å². The molecule has 8 heteroatoms. The first-order valence-corrected chi connectivity index (χ1v) is 9.80. The first-order chi connectivity index (χ1) is 13.7. The molecule has 1 N–H and O–H groups in total. The van der Waals surface area contributed by atoms with E-state index in [1.165, 1.54) is 6.07 Å². The van der Waals surface area contributed by atoms with E-state index in [1.807, 2.05) is 18.2 Å². The normalized spacial score (nSPS) is 14.8. The predicted molar refractivity (Wildman–Crippen MR) is 106 cm³/mol. The van der Waals surface area contributed by atoms with Crippen molar-refractivity contribution in [2.45, 2.75) is 6.54 Å². The van der Waals surface area contributed by atoms with Gasteiger partial charge in [-0.15, -0.1) is 10.2 Å². The molecule has 1 fully saturated rings. The topological polar surface area (TPSA) is 67.4 Å². The number of hydrogen-bond donors (Lipinski definition) is 1. The van der Waals surface area contributed by atoms with Crippen LogP contribution in [-0.4, -0.2) is 47.3 Å². The number of rotatable bonds is 5. The Kier molecular flexibility index (Phi) is 5.70. The molecule has 1 aliphatic heterocycles. The van der Waals surface area contributed by atoms with E-state index in [0.29, 0.717) is 41.0 Å². The second-order valence-corrected chi connectivity index (χ2v) is 7.37. The number of carbonyl (C=O) groups is 1. The number of nitrogens with one attached hydrogen (secondary N) is 1. The number of ether oxygens (including phenoxy) is 1. The zero-order valence-electron chi connectivity index (χ0n) is 15.1. The van der Waals surface area contributed by atoms with Crippen molar-refractivity contribution in [1.29, 1.82) is 0 Å². The molecular weight excluding hydrogens is 379 g/mol. The van der Waals surface area contributed by atoms with Gasteiger partial charge < -0.3 is 4.74 Å². The van der Waals surface area contributed by atoms with Gasteiger partial charge in [-0.1, -0.05) is 41.7 Å². The van der Waals surface area contributed by atoms with Gasteiger partial charge in [-0.25, -0.2) is 4.39 Å². The predicted octanol–water partition coefficient (Wildman–Crippen LogP) is 3.43. The first-order valence-electron chi connectivity index (χ1n) is 8.98. The quantitative estimate of drug-likeness (QED) is 0.713. The molecule has 0 atom stereocenters. The third kappa shape index (κ3) is 4.24. The smallest absolute Gasteiger partial charge is 0.257 e. The van der Waals surface area contributed by atoms with Crippen LogP contribution in [0.15, 0.2) is 48.5 Å². The van der Waals surface area contributed by atoms with Crippen LogP contribution in [0.2, 0.25) is 0 Å². The highest BCUT2D eigenvalue weighted by molar-refractivity contribution is 7.18. The van der Waals surface area contributed by atoms with Gasteiger partial charge in [0.2, 0.25) is 5.13 Å². The molecule has 0 unspecified atom stereocenters. The van der Waals surface area contributed by atoms with Crippen LogP contribution in [0, 0.1) is 5.82 Å². The molecule has 28 heavy (non-hydrogen) atoms. The standard InChI is InChI=1S/C20H19FN4O2S/c21-17-8-4-3-7-16(17)19-23-24-20(28-19)22-18(26)15-6-2-1-5-14(15)13-25-9-11-27-12-10-25/h1-8H,9-13H2,(H,22,24,26). The highest BCUT2D eigenvalue weighted by Gasteiger charge is 2.18. The Bertz CT molecular complexity index is 972. The molecule has 1 amide bonds. The van der Waals surface area contributed by atoms with Crippen molar-refractivity contribution >= 4 is 22.4 Å². The molecule has 0 aliphatic carbocycles. The van der Waals surface area contributed by atoms with Gasteiger partial charge in [0.1, 0.15) is 5.82 Å². The van der Waals surface area contributed by atoms with Gasteiger partial charge in [-0.05, 0) is 23.8 Å². The number of halogens is 1. The summed E-state index contributed by atoms with van der Waals surface area (Å²) in [7, 11) is 0. The number of benzene rings is 2. The summed E-state index contributed by atoms with van der Waals surface area (Å²) >= 11 is 1.14. The molecule has 0 bridgehead atoms. The first kappa shape index (κ1) is 18.7. The summed E-state index contributed by atoms with van der Waals surface area (Å²) in [5, 5.41) is 11.5. The molecule has 4 rings (SSSR count). The minimum Gasteiger partial charge on any atom is -0.379 e. The van der Waals surface area contributed by atoms with Crippen LogP contribution in [0.3, 0.4) is 0 Å². The third-order valence-electron chi connectivity index (χ3n) is 4.51. The molecule has 0 saturated carbocycles. The van der Waals surface area contributed by atoms with E-state index >= 15 is 0 Å². The van der Waals surface area contributed by atoms with Gasteiger partial charge in [0, 0.05) is 30.8 Å². The second kappa shape index (κ2) is 8.55. The largest absolute Gasteiger partial charge is 0.379 e. The van der Waals surface area contributed by atoms with E-state index < -0.39 is 0 Å². The Morgan fingerprint density at radius 1 is 1.11 bits per heavy atom. The van der Waals surface area contributed by atoms with Crippen molar-refractivity contribution in [1.82, 2.24) is 15.1 Å². The van der Waals surface area contributed by atoms with Crippen LogP contribution in [-0.2, 0) is 11.3 Å². The fourth-order valence-corrected chi connectivity index (χ4v) is 3.83. The van der Waals surface area contributed by atoms with Gasteiger partial charge in [-0.2, -0.15) is 0 Å². The lowest BCUT2D eigenvalue weighted by Gasteiger charge is -2.27. The van der Waals surface area contributed by atoms with Crippen LogP contribution >= 0.6 is 11.3 Å². The van der Waals surface area contributed by atoms with Crippen molar-refractivity contribution in [2.75, 3.05) is 31.6 Å². The van der Waals surface area contributed by atoms with Crippen molar-refractivity contribution in [3.8, 4) is 10.6 Å². The SMILES string of the molecule is O=C(Nc1nnc(-c2ccccc2F)s1)c1ccccc1CN1CCOCC1. The summed E-state index contributed by atoms with van der Waals surface area (Å²) in [5.41, 5.74) is 1.91. The highest BCUT2D eigenvalue weighted by Crippen LogP contribution is 2.28. The van der Waals surface area contributed by atoms with E-state index in [1.54, 1.807) is 24.3 Å². The van der Waals surface area contributed by atoms with Crippen molar-refractivity contribution in [3.63, 3.8) is 0 Å². The average Bonchev–Trinajstić information content (AvgIpc) is 3.17. The Balaban J connectivity index is 1.49. The summed E-state index contributed by atoms with van der Waals surface area (Å²) in [5.74, 6) is -0.618. The van der Waals surface area contributed by atoms with E-state index in [2.05, 4.69) is 20.4 Å².